The van der Waals surface area contributed by atoms with Crippen molar-refractivity contribution in [2.75, 3.05) is 0 Å². The van der Waals surface area contributed by atoms with Gasteiger partial charge in [0.1, 0.15) is 0 Å². The molecule has 3 N–H and O–H groups in total. The highest BCUT2D eigenvalue weighted by atomic mass is 32.2. The fraction of sp³-hybridized carbons (Fsp3) is 0.286. The number of hydrogen-bond donors (Lipinski definition) is 2. The summed E-state index contributed by atoms with van der Waals surface area (Å²) in [5, 5.41) is 4.83. The topological polar surface area (TPSA) is 106 Å². The van der Waals surface area contributed by atoms with E-state index in [4.69, 9.17) is 5.14 Å². The maximum Gasteiger partial charge on any atom is 0.261 e. The third kappa shape index (κ3) is 6.24. The van der Waals surface area contributed by atoms with Gasteiger partial charge in [-0.25, -0.2) is 22.0 Å². The van der Waals surface area contributed by atoms with Crippen molar-refractivity contribution in [2.24, 2.45) is 10.6 Å². The minimum absolute atomic E-state index is 0.148. The number of benzene rings is 3. The zero-order valence-electron chi connectivity index (χ0n) is 20.4. The van der Waals surface area contributed by atoms with E-state index in [0.29, 0.717) is 4.90 Å². The Hall–Kier alpha value is -2.94. The Morgan fingerprint density at radius 2 is 1.25 bits per heavy atom. The summed E-state index contributed by atoms with van der Waals surface area (Å²) in [6.45, 7) is 2.07. The summed E-state index contributed by atoms with van der Waals surface area (Å²) >= 11 is 0. The van der Waals surface area contributed by atoms with Gasteiger partial charge < -0.3 is 0 Å². The van der Waals surface area contributed by atoms with Crippen molar-refractivity contribution in [2.45, 2.75) is 55.2 Å². The van der Waals surface area contributed by atoms with E-state index in [1.54, 1.807) is 42.5 Å². The Morgan fingerprint density at radius 1 is 0.722 bits per heavy atom. The third-order valence-electron chi connectivity index (χ3n) is 6.91. The second-order valence-electron chi connectivity index (χ2n) is 9.66. The van der Waals surface area contributed by atoms with Gasteiger partial charge in [-0.2, -0.15) is 0 Å². The SMILES string of the molecule is Cc1ccc(C2=C(NS(=O)(=O)c3ccccc3)CC3(CCCC3)C2)cc1.NS(=O)(=O)c1ccccc1. The van der Waals surface area contributed by atoms with Gasteiger partial charge in [0.15, 0.2) is 0 Å². The molecule has 0 aromatic heterocycles. The molecule has 0 heterocycles. The number of nitrogens with two attached hydrogens (primary N) is 1. The summed E-state index contributed by atoms with van der Waals surface area (Å²) in [6, 6.07) is 25.0. The Morgan fingerprint density at radius 3 is 1.75 bits per heavy atom. The van der Waals surface area contributed by atoms with Gasteiger partial charge in [0.05, 0.1) is 9.79 Å². The van der Waals surface area contributed by atoms with Crippen LogP contribution in [0.15, 0.2) is 100 Å². The standard InChI is InChI=1S/C22H25NO2S.C6H7NO2S/c1-17-9-11-18(12-10-17)20-15-22(13-5-6-14-22)16-21(20)23-26(24,25)19-7-3-2-4-8-19;7-10(8,9)6-4-2-1-3-5-6/h2-4,7-12,23H,5-6,13-16H2,1H3;1-5H,(H2,7,8,9). The van der Waals surface area contributed by atoms with Crippen molar-refractivity contribution in [1.29, 1.82) is 0 Å². The third-order valence-corrected chi connectivity index (χ3v) is 9.25. The van der Waals surface area contributed by atoms with Gasteiger partial charge >= 0.3 is 0 Å². The predicted molar refractivity (Wildman–Crippen MR) is 143 cm³/mol. The zero-order chi connectivity index (χ0) is 25.8. The van der Waals surface area contributed by atoms with Crippen LogP contribution in [-0.2, 0) is 20.0 Å². The summed E-state index contributed by atoms with van der Waals surface area (Å²) in [4.78, 5) is 0.470. The molecule has 1 fully saturated rings. The van der Waals surface area contributed by atoms with Crippen LogP contribution in [0.2, 0.25) is 0 Å². The summed E-state index contributed by atoms with van der Waals surface area (Å²) in [6.07, 6.45) is 6.70. The molecule has 0 bridgehead atoms. The fourth-order valence-electron chi connectivity index (χ4n) is 5.06. The molecule has 0 aliphatic heterocycles. The van der Waals surface area contributed by atoms with Crippen LogP contribution in [0.5, 0.6) is 0 Å². The van der Waals surface area contributed by atoms with E-state index in [9.17, 15) is 16.8 Å². The molecule has 2 aliphatic rings. The molecule has 0 radical (unpaired) electrons. The summed E-state index contributed by atoms with van der Waals surface area (Å²) in [5.41, 5.74) is 4.67. The second-order valence-corrected chi connectivity index (χ2v) is 12.9. The second kappa shape index (κ2) is 10.6. The minimum Gasteiger partial charge on any atom is -0.283 e. The largest absolute Gasteiger partial charge is 0.283 e. The lowest BCUT2D eigenvalue weighted by Crippen LogP contribution is -2.24. The lowest BCUT2D eigenvalue weighted by atomic mass is 9.82. The van der Waals surface area contributed by atoms with Crippen molar-refractivity contribution in [1.82, 2.24) is 4.72 Å². The average Bonchev–Trinajstić information content (AvgIpc) is 3.46. The van der Waals surface area contributed by atoms with Gasteiger partial charge in [0.2, 0.25) is 10.0 Å². The molecule has 8 heteroatoms. The van der Waals surface area contributed by atoms with E-state index < -0.39 is 20.0 Å². The highest BCUT2D eigenvalue weighted by Crippen LogP contribution is 2.54. The predicted octanol–water partition coefficient (Wildman–Crippen LogP) is 5.37. The van der Waals surface area contributed by atoms with Crippen LogP contribution in [0, 0.1) is 12.3 Å². The Bertz CT molecular complexity index is 1430. The van der Waals surface area contributed by atoms with E-state index in [-0.39, 0.29) is 10.3 Å². The summed E-state index contributed by atoms with van der Waals surface area (Å²) < 4.78 is 49.9. The van der Waals surface area contributed by atoms with E-state index >= 15 is 0 Å². The first-order valence-corrected chi connectivity index (χ1v) is 15.1. The van der Waals surface area contributed by atoms with Crippen LogP contribution in [0.25, 0.3) is 5.57 Å². The lowest BCUT2D eigenvalue weighted by Gasteiger charge is -2.23. The number of nitrogens with one attached hydrogen (secondary N) is 1. The maximum atomic E-state index is 12.9. The molecule has 0 unspecified atom stereocenters. The molecule has 3 aromatic rings. The van der Waals surface area contributed by atoms with Crippen LogP contribution in [-0.4, -0.2) is 16.8 Å². The highest BCUT2D eigenvalue weighted by Gasteiger charge is 2.42. The van der Waals surface area contributed by atoms with Crippen molar-refractivity contribution < 1.29 is 16.8 Å². The average molecular weight is 525 g/mol. The number of hydrogen-bond acceptors (Lipinski definition) is 4. The van der Waals surface area contributed by atoms with Gasteiger partial charge in [-0.1, -0.05) is 79.1 Å². The first kappa shape index (κ1) is 26.1. The van der Waals surface area contributed by atoms with E-state index in [2.05, 4.69) is 35.9 Å². The molecule has 0 saturated heterocycles. The molecule has 3 aromatic carbocycles. The van der Waals surface area contributed by atoms with Crippen molar-refractivity contribution >= 4 is 25.6 Å². The lowest BCUT2D eigenvalue weighted by molar-refractivity contribution is 0.319. The molecule has 5 rings (SSSR count). The minimum atomic E-state index is -3.55. The summed E-state index contributed by atoms with van der Waals surface area (Å²) in [7, 11) is -7.05. The molecule has 1 saturated carbocycles. The van der Waals surface area contributed by atoms with Gasteiger partial charge in [-0.3, -0.25) is 4.72 Å². The van der Waals surface area contributed by atoms with E-state index in [1.165, 1.54) is 49.0 Å². The van der Waals surface area contributed by atoms with Crippen LogP contribution in [0.1, 0.15) is 49.7 Å². The monoisotopic (exact) mass is 524 g/mol. The molecule has 1 spiro atoms. The number of rotatable bonds is 5. The maximum absolute atomic E-state index is 12.9. The van der Waals surface area contributed by atoms with Crippen LogP contribution >= 0.6 is 0 Å². The number of aryl methyl sites for hydroxylation is 1. The van der Waals surface area contributed by atoms with Crippen molar-refractivity contribution in [3.05, 3.63) is 102 Å². The quantitative estimate of drug-likeness (QED) is 0.468. The number of allylic oxidation sites excluding steroid dienone is 2. The van der Waals surface area contributed by atoms with Crippen molar-refractivity contribution in [3.63, 3.8) is 0 Å². The van der Waals surface area contributed by atoms with E-state index in [0.717, 1.165) is 24.1 Å². The molecular weight excluding hydrogens is 492 g/mol. The van der Waals surface area contributed by atoms with Crippen LogP contribution in [0.4, 0.5) is 0 Å². The van der Waals surface area contributed by atoms with Gasteiger partial charge in [-0.15, -0.1) is 0 Å². The smallest absolute Gasteiger partial charge is 0.261 e. The molecular formula is C28H32N2O4S2. The molecule has 6 nitrogen and oxygen atoms in total. The van der Waals surface area contributed by atoms with E-state index in [1.807, 2.05) is 6.07 Å². The number of primary sulfonamides is 1. The highest BCUT2D eigenvalue weighted by molar-refractivity contribution is 7.89. The van der Waals surface area contributed by atoms with Gasteiger partial charge in [0, 0.05) is 5.70 Å². The van der Waals surface area contributed by atoms with Crippen LogP contribution < -0.4 is 9.86 Å². The normalized spacial score (nSPS) is 17.1. The summed E-state index contributed by atoms with van der Waals surface area (Å²) in [5.74, 6) is 0. The molecule has 0 atom stereocenters. The van der Waals surface area contributed by atoms with Crippen LogP contribution in [0.3, 0.4) is 0 Å². The zero-order valence-corrected chi connectivity index (χ0v) is 22.0. The Labute approximate surface area is 214 Å². The van der Waals surface area contributed by atoms with Gasteiger partial charge in [0.25, 0.3) is 10.0 Å². The molecule has 190 valence electrons. The fourth-order valence-corrected chi connectivity index (χ4v) is 6.75. The van der Waals surface area contributed by atoms with Crippen molar-refractivity contribution in [3.8, 4) is 0 Å². The first-order chi connectivity index (χ1) is 17.1. The number of sulfonamides is 2. The first-order valence-electron chi connectivity index (χ1n) is 12.0. The molecule has 0 amide bonds. The molecule has 36 heavy (non-hydrogen) atoms. The van der Waals surface area contributed by atoms with Gasteiger partial charge in [-0.05, 0) is 73.4 Å². The Kier molecular flexibility index (Phi) is 7.68. The molecule has 2 aliphatic carbocycles. The Balaban J connectivity index is 0.000000256.